The molecule has 0 aliphatic rings. The number of nitrogens with one attached hydrogen (secondary N) is 1. The van der Waals surface area contributed by atoms with Crippen LogP contribution >= 0.6 is 11.6 Å². The molecule has 0 radical (unpaired) electrons. The molecule has 1 N–H and O–H groups in total. The Balaban J connectivity index is 1.88. The smallest absolute Gasteiger partial charge is 0.209 e. The minimum atomic E-state index is -0.230. The second-order valence-corrected chi connectivity index (χ2v) is 6.43. The molecule has 0 aliphatic heterocycles. The van der Waals surface area contributed by atoms with E-state index in [9.17, 15) is 4.79 Å². The molecular weight excluding hydrogens is 368 g/mol. The number of oxazole rings is 1. The highest BCUT2D eigenvalue weighted by atomic mass is 35.5. The number of aromatic amines is 1. The van der Waals surface area contributed by atoms with Crippen molar-refractivity contribution in [3.05, 3.63) is 63.9 Å². The van der Waals surface area contributed by atoms with Gasteiger partial charge in [-0.3, -0.25) is 4.79 Å². The normalized spacial score (nSPS) is 11.5. The van der Waals surface area contributed by atoms with Crippen LogP contribution in [-0.2, 0) is 0 Å². The fourth-order valence-corrected chi connectivity index (χ4v) is 3.24. The summed E-state index contributed by atoms with van der Waals surface area (Å²) in [5.41, 5.74) is 3.06. The lowest BCUT2D eigenvalue weighted by Crippen LogP contribution is -2.06. The highest BCUT2D eigenvalue weighted by Gasteiger charge is 2.19. The zero-order chi connectivity index (χ0) is 18.5. The number of halogens is 1. The minimum absolute atomic E-state index is 0.230. The first-order valence-electron chi connectivity index (χ1n) is 8.09. The monoisotopic (exact) mass is 378 g/mol. The number of hydrogen-bond donors (Lipinski definition) is 1. The van der Waals surface area contributed by atoms with Crippen LogP contribution in [0.4, 0.5) is 0 Å². The molecule has 0 saturated carbocycles. The number of H-pyrrole nitrogens is 1. The first-order chi connectivity index (χ1) is 13.1. The summed E-state index contributed by atoms with van der Waals surface area (Å²) in [5, 5.41) is 0.418. The van der Waals surface area contributed by atoms with Gasteiger partial charge in [0.05, 0.1) is 5.02 Å². The van der Waals surface area contributed by atoms with Gasteiger partial charge in [-0.2, -0.15) is 0 Å². The van der Waals surface area contributed by atoms with Gasteiger partial charge in [-0.15, -0.1) is 0 Å². The Labute approximate surface area is 156 Å². The molecule has 5 rings (SSSR count). The largest absolute Gasteiger partial charge is 0.460 e. The first-order valence-corrected chi connectivity index (χ1v) is 8.47. The second-order valence-electron chi connectivity index (χ2n) is 6.03. The van der Waals surface area contributed by atoms with E-state index < -0.39 is 0 Å². The lowest BCUT2D eigenvalue weighted by Gasteiger charge is -2.08. The minimum Gasteiger partial charge on any atom is -0.460 e. The van der Waals surface area contributed by atoms with Crippen LogP contribution in [0.1, 0.15) is 5.76 Å². The highest BCUT2D eigenvalue weighted by molar-refractivity contribution is 6.35. The summed E-state index contributed by atoms with van der Waals surface area (Å²) in [5.74, 6) is 1.28. The number of rotatable bonds is 2. The zero-order valence-electron chi connectivity index (χ0n) is 14.0. The Morgan fingerprint density at radius 2 is 1.96 bits per heavy atom. The fourth-order valence-electron chi connectivity index (χ4n) is 2.98. The van der Waals surface area contributed by atoms with Crippen LogP contribution in [0.3, 0.4) is 0 Å². The number of nitrogens with zero attached hydrogens (tertiary/aromatic N) is 3. The van der Waals surface area contributed by atoms with Crippen LogP contribution in [0, 0.1) is 6.92 Å². The maximum absolute atomic E-state index is 12.3. The molecule has 0 spiro atoms. The average molecular weight is 379 g/mol. The lowest BCUT2D eigenvalue weighted by molar-refractivity contribution is 0.546. The van der Waals surface area contributed by atoms with E-state index in [4.69, 9.17) is 20.4 Å². The molecule has 0 fully saturated rings. The molecule has 0 atom stereocenters. The van der Waals surface area contributed by atoms with Gasteiger partial charge in [-0.25, -0.2) is 15.0 Å². The standard InChI is InChI=1S/C19H11ClN4O3/c1-9-2-3-13(27-9)18-15(23-17-12(25)4-5-21-19(17)24-18)10-6-11(20)16-14(7-10)26-8-22-16/h2-8H,1H3,(H,21,24,25). The van der Waals surface area contributed by atoms with Crippen molar-refractivity contribution in [2.45, 2.75) is 6.92 Å². The first kappa shape index (κ1) is 15.8. The van der Waals surface area contributed by atoms with Gasteiger partial charge < -0.3 is 13.8 Å². The van der Waals surface area contributed by atoms with Crippen LogP contribution in [0.5, 0.6) is 0 Å². The Morgan fingerprint density at radius 3 is 2.78 bits per heavy atom. The van der Waals surface area contributed by atoms with Gasteiger partial charge in [-0.1, -0.05) is 11.6 Å². The fraction of sp³-hybridized carbons (Fsp3) is 0.0526. The molecule has 0 amide bonds. The third-order valence-electron chi connectivity index (χ3n) is 4.22. The van der Waals surface area contributed by atoms with Gasteiger partial charge in [-0.05, 0) is 31.2 Å². The molecule has 132 valence electrons. The molecule has 0 bridgehead atoms. The Hall–Kier alpha value is -3.45. The predicted molar refractivity (Wildman–Crippen MR) is 101 cm³/mol. The summed E-state index contributed by atoms with van der Waals surface area (Å²) in [6.07, 6.45) is 2.86. The Bertz CT molecular complexity index is 1380. The van der Waals surface area contributed by atoms with E-state index in [-0.39, 0.29) is 10.9 Å². The van der Waals surface area contributed by atoms with E-state index in [0.29, 0.717) is 44.5 Å². The third-order valence-corrected chi connectivity index (χ3v) is 4.51. The van der Waals surface area contributed by atoms with E-state index >= 15 is 0 Å². The van der Waals surface area contributed by atoms with Crippen LogP contribution in [-0.4, -0.2) is 19.9 Å². The predicted octanol–water partition coefficient (Wildman–Crippen LogP) is 4.35. The molecule has 0 unspecified atom stereocenters. The second kappa shape index (κ2) is 5.78. The Morgan fingerprint density at radius 1 is 1.07 bits per heavy atom. The maximum atomic E-state index is 12.3. The molecule has 1 aromatic carbocycles. The van der Waals surface area contributed by atoms with E-state index in [1.807, 2.05) is 19.1 Å². The topological polar surface area (TPSA) is 97.8 Å². The molecule has 0 aliphatic carbocycles. The molecule has 0 saturated heterocycles. The van der Waals surface area contributed by atoms with Crippen molar-refractivity contribution in [2.75, 3.05) is 0 Å². The van der Waals surface area contributed by atoms with Gasteiger partial charge in [0.15, 0.2) is 28.9 Å². The van der Waals surface area contributed by atoms with Crippen molar-refractivity contribution in [2.24, 2.45) is 0 Å². The highest BCUT2D eigenvalue weighted by Crippen LogP contribution is 2.35. The van der Waals surface area contributed by atoms with E-state index in [1.165, 1.54) is 18.7 Å². The van der Waals surface area contributed by atoms with E-state index in [2.05, 4.69) is 19.9 Å². The van der Waals surface area contributed by atoms with Gasteiger partial charge in [0.1, 0.15) is 22.7 Å². The van der Waals surface area contributed by atoms with Crippen molar-refractivity contribution in [1.29, 1.82) is 0 Å². The van der Waals surface area contributed by atoms with Crippen LogP contribution in [0.25, 0.3) is 45.0 Å². The van der Waals surface area contributed by atoms with E-state index in [1.54, 1.807) is 12.1 Å². The molecule has 4 heterocycles. The summed E-state index contributed by atoms with van der Waals surface area (Å²) in [7, 11) is 0. The van der Waals surface area contributed by atoms with Gasteiger partial charge in [0.25, 0.3) is 0 Å². The summed E-state index contributed by atoms with van der Waals surface area (Å²) in [6, 6.07) is 8.54. The summed E-state index contributed by atoms with van der Waals surface area (Å²) in [4.78, 5) is 28.5. The van der Waals surface area contributed by atoms with Crippen LogP contribution < -0.4 is 5.43 Å². The van der Waals surface area contributed by atoms with Gasteiger partial charge in [0, 0.05) is 17.8 Å². The summed E-state index contributed by atoms with van der Waals surface area (Å²) in [6.45, 7) is 1.84. The van der Waals surface area contributed by atoms with Crippen molar-refractivity contribution < 1.29 is 8.83 Å². The van der Waals surface area contributed by atoms with Crippen molar-refractivity contribution in [3.63, 3.8) is 0 Å². The number of pyridine rings is 1. The molecule has 27 heavy (non-hydrogen) atoms. The van der Waals surface area contributed by atoms with Gasteiger partial charge >= 0.3 is 0 Å². The lowest BCUT2D eigenvalue weighted by atomic mass is 10.1. The number of fused-ring (bicyclic) bond motifs is 2. The molecular formula is C19H11ClN4O3. The van der Waals surface area contributed by atoms with Gasteiger partial charge in [0.2, 0.25) is 5.43 Å². The van der Waals surface area contributed by atoms with Crippen LogP contribution in [0.2, 0.25) is 5.02 Å². The number of aromatic nitrogens is 4. The molecule has 7 nitrogen and oxygen atoms in total. The zero-order valence-corrected chi connectivity index (χ0v) is 14.7. The van der Waals surface area contributed by atoms with Crippen LogP contribution in [0.15, 0.2) is 56.6 Å². The summed E-state index contributed by atoms with van der Waals surface area (Å²) < 4.78 is 11.1. The van der Waals surface area contributed by atoms with Crippen molar-refractivity contribution in [1.82, 2.24) is 19.9 Å². The molecule has 5 aromatic rings. The SMILES string of the molecule is Cc1ccc(-c2nc3[nH]ccc(=O)c3nc2-c2cc(Cl)c3ncoc3c2)o1. The van der Waals surface area contributed by atoms with Crippen molar-refractivity contribution >= 4 is 33.9 Å². The average Bonchev–Trinajstić information content (AvgIpc) is 3.30. The van der Waals surface area contributed by atoms with Crippen molar-refractivity contribution in [3.8, 4) is 22.7 Å². The quantitative estimate of drug-likeness (QED) is 0.490. The molecule has 4 aromatic heterocycles. The summed E-state index contributed by atoms with van der Waals surface area (Å²) >= 11 is 6.34. The number of benzene rings is 1. The molecule has 8 heteroatoms. The maximum Gasteiger partial charge on any atom is 0.209 e. The number of aryl methyl sites for hydroxylation is 1. The number of furan rings is 1. The van der Waals surface area contributed by atoms with E-state index in [0.717, 1.165) is 5.76 Å². The third kappa shape index (κ3) is 2.51. The number of hydrogen-bond acceptors (Lipinski definition) is 6. The Kier molecular flexibility index (Phi) is 3.38.